The van der Waals surface area contributed by atoms with Gasteiger partial charge in [0, 0.05) is 49.0 Å². The number of piperidine rings is 1. The lowest BCUT2D eigenvalue weighted by atomic mass is 9.79. The van der Waals surface area contributed by atoms with E-state index in [1.54, 1.807) is 0 Å². The van der Waals surface area contributed by atoms with Crippen LogP contribution < -0.4 is 15.8 Å². The highest BCUT2D eigenvalue weighted by molar-refractivity contribution is 6.31. The number of nitrogens with zero attached hydrogens (tertiary/aromatic N) is 4. The van der Waals surface area contributed by atoms with Crippen molar-refractivity contribution in [1.29, 1.82) is 5.26 Å². The number of hydrogen-bond donors (Lipinski definition) is 2. The molecule has 2 saturated heterocycles. The van der Waals surface area contributed by atoms with Crippen LogP contribution in [0.2, 0.25) is 5.02 Å². The lowest BCUT2D eigenvalue weighted by molar-refractivity contribution is -0.384. The van der Waals surface area contributed by atoms with Gasteiger partial charge in [0.2, 0.25) is 11.9 Å². The number of nitro groups is 1. The number of aromatic amines is 1. The second-order valence-corrected chi connectivity index (χ2v) is 8.69. The SMILES string of the molecule is N#CC1C(=O)Nc2nc(N3CCC4(CC3)OCCO4)[nH]c(=O)c2C1c1cc([N+](=O)[O-])ccc1Cl. The molecule has 0 radical (unpaired) electrons. The Kier molecular flexibility index (Phi) is 5.47. The van der Waals surface area contributed by atoms with Crippen molar-refractivity contribution < 1.29 is 19.2 Å². The molecular formula is C21H19ClN6O6. The number of nitro benzene ring substituents is 1. The van der Waals surface area contributed by atoms with Crippen LogP contribution in [-0.2, 0) is 14.3 Å². The van der Waals surface area contributed by atoms with Gasteiger partial charge in [-0.1, -0.05) is 11.6 Å². The van der Waals surface area contributed by atoms with Gasteiger partial charge >= 0.3 is 0 Å². The number of anilines is 2. The minimum atomic E-state index is -1.33. The maximum atomic E-state index is 13.2. The van der Waals surface area contributed by atoms with E-state index in [0.29, 0.717) is 39.1 Å². The molecule has 0 bridgehead atoms. The predicted molar refractivity (Wildman–Crippen MR) is 119 cm³/mol. The molecular weight excluding hydrogens is 468 g/mol. The predicted octanol–water partition coefficient (Wildman–Crippen LogP) is 1.90. The third kappa shape index (κ3) is 3.67. The van der Waals surface area contributed by atoms with Crippen molar-refractivity contribution in [2.24, 2.45) is 5.92 Å². The van der Waals surface area contributed by atoms with Crippen molar-refractivity contribution in [1.82, 2.24) is 9.97 Å². The molecule has 2 atom stereocenters. The summed E-state index contributed by atoms with van der Waals surface area (Å²) in [5.74, 6) is -3.48. The van der Waals surface area contributed by atoms with E-state index in [2.05, 4.69) is 15.3 Å². The zero-order chi connectivity index (χ0) is 24.0. The second kappa shape index (κ2) is 8.35. The summed E-state index contributed by atoms with van der Waals surface area (Å²) < 4.78 is 11.5. The lowest BCUT2D eigenvalue weighted by Gasteiger charge is -2.38. The number of non-ortho nitro benzene ring substituents is 1. The Labute approximate surface area is 197 Å². The number of benzene rings is 1. The molecule has 3 aliphatic rings. The number of carbonyl (C=O) groups excluding carboxylic acids is 1. The molecule has 2 unspecified atom stereocenters. The topological polar surface area (TPSA) is 163 Å². The van der Waals surface area contributed by atoms with Crippen LogP contribution in [0.3, 0.4) is 0 Å². The van der Waals surface area contributed by atoms with Gasteiger partial charge in [0.25, 0.3) is 11.2 Å². The zero-order valence-electron chi connectivity index (χ0n) is 17.7. The molecule has 0 aliphatic carbocycles. The number of nitriles is 1. The molecule has 1 amide bonds. The van der Waals surface area contributed by atoms with Crippen molar-refractivity contribution in [3.05, 3.63) is 54.8 Å². The number of nitrogens with one attached hydrogen (secondary N) is 2. The molecule has 4 heterocycles. The number of aromatic nitrogens is 2. The first-order valence-corrected chi connectivity index (χ1v) is 11.0. The Hall–Kier alpha value is -3.53. The van der Waals surface area contributed by atoms with Crippen LogP contribution in [0.15, 0.2) is 23.0 Å². The minimum absolute atomic E-state index is 0.00326. The van der Waals surface area contributed by atoms with E-state index in [1.165, 1.54) is 18.2 Å². The average molecular weight is 487 g/mol. The number of ether oxygens (including phenoxy) is 2. The van der Waals surface area contributed by atoms with Crippen molar-refractivity contribution >= 4 is 35.0 Å². The Bertz CT molecular complexity index is 1270. The maximum Gasteiger partial charge on any atom is 0.269 e. The Morgan fingerprint density at radius 1 is 1.26 bits per heavy atom. The van der Waals surface area contributed by atoms with Crippen LogP contribution in [0.25, 0.3) is 0 Å². The molecule has 3 aliphatic heterocycles. The average Bonchev–Trinajstić information content (AvgIpc) is 3.26. The monoisotopic (exact) mass is 486 g/mol. The summed E-state index contributed by atoms with van der Waals surface area (Å²) in [5.41, 5.74) is -0.688. The third-order valence-corrected chi connectivity index (χ3v) is 6.76. The first kappa shape index (κ1) is 22.3. The molecule has 2 fully saturated rings. The van der Waals surface area contributed by atoms with Crippen LogP contribution in [0, 0.1) is 27.4 Å². The van der Waals surface area contributed by atoms with E-state index < -0.39 is 34.0 Å². The summed E-state index contributed by atoms with van der Waals surface area (Å²) in [5, 5.41) is 23.6. The maximum absolute atomic E-state index is 13.2. The summed E-state index contributed by atoms with van der Waals surface area (Å²) >= 11 is 6.31. The van der Waals surface area contributed by atoms with Crippen molar-refractivity contribution in [3.63, 3.8) is 0 Å². The van der Waals surface area contributed by atoms with Gasteiger partial charge in [-0.25, -0.2) is 0 Å². The van der Waals surface area contributed by atoms with E-state index in [4.69, 9.17) is 21.1 Å². The lowest BCUT2D eigenvalue weighted by Crippen LogP contribution is -2.46. The molecule has 1 aromatic heterocycles. The molecule has 5 rings (SSSR count). The number of hydrogen-bond acceptors (Lipinski definition) is 9. The highest BCUT2D eigenvalue weighted by atomic mass is 35.5. The molecule has 12 nitrogen and oxygen atoms in total. The van der Waals surface area contributed by atoms with Gasteiger partial charge < -0.3 is 19.7 Å². The molecule has 2 N–H and O–H groups in total. The Morgan fingerprint density at radius 2 is 1.97 bits per heavy atom. The second-order valence-electron chi connectivity index (χ2n) is 8.28. The summed E-state index contributed by atoms with van der Waals surface area (Å²) in [6, 6.07) is 5.59. The third-order valence-electron chi connectivity index (χ3n) is 6.41. The molecule has 13 heteroatoms. The largest absolute Gasteiger partial charge is 0.347 e. The fourth-order valence-corrected chi connectivity index (χ4v) is 4.95. The fourth-order valence-electron chi connectivity index (χ4n) is 4.71. The van der Waals surface area contributed by atoms with Crippen LogP contribution in [-0.4, -0.2) is 52.9 Å². The summed E-state index contributed by atoms with van der Waals surface area (Å²) in [7, 11) is 0. The van der Waals surface area contributed by atoms with Gasteiger partial charge in [-0.2, -0.15) is 10.2 Å². The fraction of sp³-hybridized carbons (Fsp3) is 0.429. The van der Waals surface area contributed by atoms with Gasteiger partial charge in [0.05, 0.1) is 29.8 Å². The molecule has 34 heavy (non-hydrogen) atoms. The number of halogens is 1. The highest BCUT2D eigenvalue weighted by Gasteiger charge is 2.43. The smallest absolute Gasteiger partial charge is 0.269 e. The molecule has 0 saturated carbocycles. The van der Waals surface area contributed by atoms with Crippen LogP contribution in [0.5, 0.6) is 0 Å². The molecule has 176 valence electrons. The van der Waals surface area contributed by atoms with Crippen molar-refractivity contribution in [3.8, 4) is 6.07 Å². The first-order valence-electron chi connectivity index (χ1n) is 10.6. The first-order chi connectivity index (χ1) is 16.3. The summed E-state index contributed by atoms with van der Waals surface area (Å²) in [4.78, 5) is 45.8. The Morgan fingerprint density at radius 3 is 2.62 bits per heavy atom. The quantitative estimate of drug-likeness (QED) is 0.487. The number of rotatable bonds is 3. The van der Waals surface area contributed by atoms with Crippen LogP contribution in [0.1, 0.15) is 29.9 Å². The van der Waals surface area contributed by atoms with Crippen LogP contribution in [0.4, 0.5) is 17.5 Å². The molecule has 1 spiro atoms. The Balaban J connectivity index is 1.55. The van der Waals surface area contributed by atoms with Crippen molar-refractivity contribution in [2.75, 3.05) is 36.5 Å². The van der Waals surface area contributed by atoms with E-state index >= 15 is 0 Å². The number of H-pyrrole nitrogens is 1. The highest BCUT2D eigenvalue weighted by Crippen LogP contribution is 2.42. The minimum Gasteiger partial charge on any atom is -0.347 e. The number of amides is 1. The van der Waals surface area contributed by atoms with Gasteiger partial charge in [0.15, 0.2) is 5.79 Å². The molecule has 1 aromatic carbocycles. The van der Waals surface area contributed by atoms with Gasteiger partial charge in [-0.05, 0) is 11.6 Å². The number of fused-ring (bicyclic) bond motifs is 1. The normalized spacial score (nSPS) is 23.3. The van der Waals surface area contributed by atoms with E-state index in [1.807, 2.05) is 11.0 Å². The van der Waals surface area contributed by atoms with E-state index in [9.17, 15) is 25.0 Å². The van der Waals surface area contributed by atoms with E-state index in [0.717, 1.165) is 0 Å². The summed E-state index contributed by atoms with van der Waals surface area (Å²) in [6.07, 6.45) is 1.17. The van der Waals surface area contributed by atoms with Gasteiger partial charge in [-0.15, -0.1) is 0 Å². The standard InChI is InChI=1S/C21H19ClN6O6/c22-14-2-1-11(28(31)32)9-12(14)15-13(10-23)18(29)24-17-16(15)19(30)26-20(25-17)27-5-3-21(4-6-27)33-7-8-34-21/h1-2,9,13,15H,3-8H2,(H2,24,25,26,29,30). The van der Waals surface area contributed by atoms with Crippen LogP contribution >= 0.6 is 11.6 Å². The van der Waals surface area contributed by atoms with E-state index in [-0.39, 0.29) is 33.6 Å². The molecule has 2 aromatic rings. The zero-order valence-corrected chi connectivity index (χ0v) is 18.5. The number of carbonyl (C=O) groups is 1. The van der Waals surface area contributed by atoms with Crippen molar-refractivity contribution in [2.45, 2.75) is 24.5 Å². The van der Waals surface area contributed by atoms with Gasteiger partial charge in [0.1, 0.15) is 11.7 Å². The summed E-state index contributed by atoms with van der Waals surface area (Å²) in [6.45, 7) is 2.11. The van der Waals surface area contributed by atoms with Gasteiger partial charge in [-0.3, -0.25) is 24.7 Å².